The molecule has 0 aliphatic rings. The topological polar surface area (TPSA) is 20.2 Å². The summed E-state index contributed by atoms with van der Waals surface area (Å²) in [5, 5.41) is 8.73. The van der Waals surface area contributed by atoms with Crippen molar-refractivity contribution in [2.45, 2.75) is 12.8 Å². The van der Waals surface area contributed by atoms with E-state index in [2.05, 4.69) is 24.5 Å². The molecule has 0 spiro atoms. The Morgan fingerprint density at radius 2 is 1.93 bits per heavy atom. The Labute approximate surface area is 90.6 Å². The number of aliphatic hydroxyl groups is 1. The molecule has 0 atom stereocenters. The Morgan fingerprint density at radius 3 is 2.50 bits per heavy atom. The van der Waals surface area contributed by atoms with Gasteiger partial charge in [-0.25, -0.2) is 0 Å². The molecule has 0 amide bonds. The summed E-state index contributed by atoms with van der Waals surface area (Å²) in [6.07, 6.45) is 1.53. The van der Waals surface area contributed by atoms with Gasteiger partial charge in [-0.15, -0.1) is 0 Å². The molecule has 1 rings (SSSR count). The minimum Gasteiger partial charge on any atom is -0.396 e. The molecule has 2 heteroatoms. The lowest BCUT2D eigenvalue weighted by Crippen LogP contribution is -1.89. The van der Waals surface area contributed by atoms with Crippen molar-refractivity contribution in [3.05, 3.63) is 35.4 Å². The molecule has 1 aromatic rings. The van der Waals surface area contributed by atoms with Crippen LogP contribution in [0.15, 0.2) is 24.3 Å². The fourth-order valence-corrected chi connectivity index (χ4v) is 1.22. The molecule has 0 aliphatic carbocycles. The number of thiol groups is 1. The van der Waals surface area contributed by atoms with Crippen LogP contribution >= 0.6 is 12.6 Å². The molecule has 74 valence electrons. The fourth-order valence-electron chi connectivity index (χ4n) is 1.10. The average Bonchev–Trinajstić information content (AvgIpc) is 2.21. The monoisotopic (exact) mass is 206 g/mol. The summed E-state index contributed by atoms with van der Waals surface area (Å²) < 4.78 is 0. The molecule has 0 aliphatic heterocycles. The molecule has 14 heavy (non-hydrogen) atoms. The zero-order chi connectivity index (χ0) is 10.2. The summed E-state index contributed by atoms with van der Waals surface area (Å²) in [5.41, 5.74) is 2.17. The standard InChI is InChI=1S/C12H14OS/c13-9-8-12-6-4-11(5-7-12)3-1-2-10-14/h4-7,13-14H,2,8-10H2. The van der Waals surface area contributed by atoms with E-state index in [1.54, 1.807) is 0 Å². The maximum atomic E-state index is 8.73. The van der Waals surface area contributed by atoms with Crippen molar-refractivity contribution in [3.63, 3.8) is 0 Å². The van der Waals surface area contributed by atoms with Gasteiger partial charge in [0.2, 0.25) is 0 Å². The van der Waals surface area contributed by atoms with Crippen LogP contribution in [0.4, 0.5) is 0 Å². The van der Waals surface area contributed by atoms with Crippen LogP contribution in [-0.2, 0) is 6.42 Å². The summed E-state index contributed by atoms with van der Waals surface area (Å²) in [6.45, 7) is 0.199. The van der Waals surface area contributed by atoms with Gasteiger partial charge in [-0.2, -0.15) is 12.6 Å². The van der Waals surface area contributed by atoms with Gasteiger partial charge in [0.25, 0.3) is 0 Å². The van der Waals surface area contributed by atoms with E-state index in [4.69, 9.17) is 5.11 Å². The van der Waals surface area contributed by atoms with Crippen molar-refractivity contribution >= 4 is 12.6 Å². The second kappa shape index (κ2) is 6.53. The molecule has 0 radical (unpaired) electrons. The highest BCUT2D eigenvalue weighted by molar-refractivity contribution is 7.80. The molecule has 1 N–H and O–H groups in total. The Bertz CT molecular complexity index is 318. The van der Waals surface area contributed by atoms with E-state index in [9.17, 15) is 0 Å². The van der Waals surface area contributed by atoms with Crippen LogP contribution in [0.25, 0.3) is 0 Å². The van der Waals surface area contributed by atoms with Crippen molar-refractivity contribution in [2.24, 2.45) is 0 Å². The zero-order valence-corrected chi connectivity index (χ0v) is 8.93. The summed E-state index contributed by atoms with van der Waals surface area (Å²) >= 11 is 4.08. The minimum absolute atomic E-state index is 0.199. The molecule has 0 aromatic heterocycles. The number of rotatable bonds is 3. The van der Waals surface area contributed by atoms with Gasteiger partial charge in [-0.05, 0) is 24.1 Å². The van der Waals surface area contributed by atoms with E-state index in [-0.39, 0.29) is 6.61 Å². The Hall–Kier alpha value is -0.910. The summed E-state index contributed by atoms with van der Waals surface area (Å²) in [7, 11) is 0. The molecule has 0 saturated heterocycles. The average molecular weight is 206 g/mol. The van der Waals surface area contributed by atoms with E-state index in [0.717, 1.165) is 23.3 Å². The quantitative estimate of drug-likeness (QED) is 0.571. The number of aliphatic hydroxyl groups excluding tert-OH is 1. The van der Waals surface area contributed by atoms with Crippen LogP contribution in [0.1, 0.15) is 17.5 Å². The maximum absolute atomic E-state index is 8.73. The Balaban J connectivity index is 2.60. The van der Waals surface area contributed by atoms with Gasteiger partial charge in [0.05, 0.1) is 0 Å². The molecular weight excluding hydrogens is 192 g/mol. The van der Waals surface area contributed by atoms with E-state index in [1.165, 1.54) is 0 Å². The van der Waals surface area contributed by atoms with Gasteiger partial charge in [-0.1, -0.05) is 24.0 Å². The first-order chi connectivity index (χ1) is 6.86. The number of hydrogen-bond acceptors (Lipinski definition) is 2. The van der Waals surface area contributed by atoms with Crippen LogP contribution < -0.4 is 0 Å². The van der Waals surface area contributed by atoms with Crippen LogP contribution in [0.2, 0.25) is 0 Å². The van der Waals surface area contributed by atoms with Crippen molar-refractivity contribution in [2.75, 3.05) is 12.4 Å². The van der Waals surface area contributed by atoms with Gasteiger partial charge >= 0.3 is 0 Å². The Morgan fingerprint density at radius 1 is 1.21 bits per heavy atom. The highest BCUT2D eigenvalue weighted by atomic mass is 32.1. The second-order valence-corrected chi connectivity index (χ2v) is 3.39. The van der Waals surface area contributed by atoms with Crippen molar-refractivity contribution < 1.29 is 5.11 Å². The zero-order valence-electron chi connectivity index (χ0n) is 8.03. The minimum atomic E-state index is 0.199. The van der Waals surface area contributed by atoms with Gasteiger partial charge in [-0.3, -0.25) is 0 Å². The molecule has 1 nitrogen and oxygen atoms in total. The predicted molar refractivity (Wildman–Crippen MR) is 62.6 cm³/mol. The fraction of sp³-hybridized carbons (Fsp3) is 0.333. The van der Waals surface area contributed by atoms with Crippen LogP contribution in [-0.4, -0.2) is 17.5 Å². The van der Waals surface area contributed by atoms with Gasteiger partial charge in [0.1, 0.15) is 0 Å². The molecule has 0 saturated carbocycles. The molecule has 0 bridgehead atoms. The number of benzene rings is 1. The lowest BCUT2D eigenvalue weighted by molar-refractivity contribution is 0.299. The Kier molecular flexibility index (Phi) is 5.21. The molecule has 0 heterocycles. The third-order valence-corrected chi connectivity index (χ3v) is 2.05. The normalized spacial score (nSPS) is 9.29. The summed E-state index contributed by atoms with van der Waals surface area (Å²) in [4.78, 5) is 0. The highest BCUT2D eigenvalue weighted by Gasteiger charge is 1.90. The van der Waals surface area contributed by atoms with Gasteiger partial charge in [0, 0.05) is 24.3 Å². The summed E-state index contributed by atoms with van der Waals surface area (Å²) in [6, 6.07) is 7.97. The largest absolute Gasteiger partial charge is 0.396 e. The van der Waals surface area contributed by atoms with Crippen LogP contribution in [0.3, 0.4) is 0 Å². The SMILES string of the molecule is OCCc1ccc(C#CCCS)cc1. The smallest absolute Gasteiger partial charge is 0.0471 e. The predicted octanol–water partition coefficient (Wildman–Crippen LogP) is 1.89. The first-order valence-electron chi connectivity index (χ1n) is 4.66. The van der Waals surface area contributed by atoms with Crippen molar-refractivity contribution in [1.29, 1.82) is 0 Å². The van der Waals surface area contributed by atoms with Gasteiger partial charge < -0.3 is 5.11 Å². The van der Waals surface area contributed by atoms with E-state index < -0.39 is 0 Å². The van der Waals surface area contributed by atoms with Crippen LogP contribution in [0, 0.1) is 11.8 Å². The highest BCUT2D eigenvalue weighted by Crippen LogP contribution is 2.03. The lowest BCUT2D eigenvalue weighted by Gasteiger charge is -1.96. The molecule has 1 aromatic carbocycles. The van der Waals surface area contributed by atoms with Crippen LogP contribution in [0.5, 0.6) is 0 Å². The third-order valence-electron chi connectivity index (χ3n) is 1.82. The first-order valence-corrected chi connectivity index (χ1v) is 5.29. The second-order valence-electron chi connectivity index (χ2n) is 2.95. The molecular formula is C12H14OS. The summed E-state index contributed by atoms with van der Waals surface area (Å²) in [5.74, 6) is 6.88. The third kappa shape index (κ3) is 3.87. The molecule has 0 unspecified atom stereocenters. The number of hydrogen-bond donors (Lipinski definition) is 2. The van der Waals surface area contributed by atoms with E-state index in [0.29, 0.717) is 6.42 Å². The lowest BCUT2D eigenvalue weighted by atomic mass is 10.1. The van der Waals surface area contributed by atoms with Gasteiger partial charge in [0.15, 0.2) is 0 Å². The first kappa shape index (κ1) is 11.2. The van der Waals surface area contributed by atoms with Crippen molar-refractivity contribution in [3.8, 4) is 11.8 Å². The molecule has 0 fully saturated rings. The maximum Gasteiger partial charge on any atom is 0.0471 e. The van der Waals surface area contributed by atoms with E-state index in [1.807, 2.05) is 24.3 Å². The van der Waals surface area contributed by atoms with Crippen molar-refractivity contribution in [1.82, 2.24) is 0 Å². The van der Waals surface area contributed by atoms with E-state index >= 15 is 0 Å².